The molecule has 108 valence electrons. The number of nitrogens with zero attached hydrogens (tertiary/aromatic N) is 2. The molecule has 2 heterocycles. The maximum absolute atomic E-state index is 12.7. The van der Waals surface area contributed by atoms with Gasteiger partial charge >= 0.3 is 0 Å². The molecule has 3 rings (SSSR count). The molecular weight excluding hydrogens is 238 g/mol. The molecular formula is C15H27N3O. The van der Waals surface area contributed by atoms with Gasteiger partial charge in [0.05, 0.1) is 0 Å². The zero-order valence-electron chi connectivity index (χ0n) is 11.9. The number of amides is 1. The van der Waals surface area contributed by atoms with E-state index in [1.807, 2.05) is 0 Å². The van der Waals surface area contributed by atoms with Crippen molar-refractivity contribution in [3.8, 4) is 0 Å². The SMILES string of the molecule is NC1CCCC(C(=O)N2CCCN3CCCC3C2)C1. The summed E-state index contributed by atoms with van der Waals surface area (Å²) in [5.74, 6) is 0.598. The van der Waals surface area contributed by atoms with E-state index >= 15 is 0 Å². The topological polar surface area (TPSA) is 49.6 Å². The van der Waals surface area contributed by atoms with Crippen LogP contribution in [0, 0.1) is 5.92 Å². The lowest BCUT2D eigenvalue weighted by atomic mass is 9.85. The minimum absolute atomic E-state index is 0.205. The Morgan fingerprint density at radius 1 is 1.00 bits per heavy atom. The molecule has 2 aliphatic heterocycles. The van der Waals surface area contributed by atoms with Crippen molar-refractivity contribution in [1.82, 2.24) is 9.80 Å². The molecule has 3 unspecified atom stereocenters. The molecule has 1 aliphatic carbocycles. The summed E-state index contributed by atoms with van der Waals surface area (Å²) < 4.78 is 0. The molecule has 1 amide bonds. The number of rotatable bonds is 1. The van der Waals surface area contributed by atoms with Crippen LogP contribution in [-0.4, -0.2) is 54.0 Å². The van der Waals surface area contributed by atoms with Crippen LogP contribution in [-0.2, 0) is 4.79 Å². The first-order valence-electron chi connectivity index (χ1n) is 8.02. The van der Waals surface area contributed by atoms with E-state index in [2.05, 4.69) is 9.80 Å². The Balaban J connectivity index is 1.62. The Morgan fingerprint density at radius 3 is 2.68 bits per heavy atom. The average molecular weight is 265 g/mol. The van der Waals surface area contributed by atoms with Crippen LogP contribution < -0.4 is 5.73 Å². The van der Waals surface area contributed by atoms with Crippen molar-refractivity contribution >= 4 is 5.91 Å². The van der Waals surface area contributed by atoms with Gasteiger partial charge in [-0.2, -0.15) is 0 Å². The molecule has 1 saturated carbocycles. The Labute approximate surface area is 116 Å². The molecule has 0 aromatic heterocycles. The summed E-state index contributed by atoms with van der Waals surface area (Å²) in [6.07, 6.45) is 7.90. The third-order valence-electron chi connectivity index (χ3n) is 5.18. The molecule has 2 N–H and O–H groups in total. The van der Waals surface area contributed by atoms with Gasteiger partial charge in [-0.3, -0.25) is 9.69 Å². The number of hydrogen-bond donors (Lipinski definition) is 1. The third-order valence-corrected chi connectivity index (χ3v) is 5.18. The van der Waals surface area contributed by atoms with E-state index < -0.39 is 0 Å². The highest BCUT2D eigenvalue weighted by Crippen LogP contribution is 2.27. The van der Waals surface area contributed by atoms with Gasteiger partial charge in [0.15, 0.2) is 0 Å². The van der Waals surface area contributed by atoms with E-state index in [1.165, 1.54) is 25.9 Å². The summed E-state index contributed by atoms with van der Waals surface area (Å²) in [6.45, 7) is 4.34. The van der Waals surface area contributed by atoms with Gasteiger partial charge in [0, 0.05) is 37.6 Å². The highest BCUT2D eigenvalue weighted by Gasteiger charge is 2.34. The molecule has 2 saturated heterocycles. The van der Waals surface area contributed by atoms with Crippen LogP contribution in [0.25, 0.3) is 0 Å². The van der Waals surface area contributed by atoms with Crippen molar-refractivity contribution in [3.05, 3.63) is 0 Å². The number of fused-ring (bicyclic) bond motifs is 1. The van der Waals surface area contributed by atoms with Gasteiger partial charge in [-0.05, 0) is 45.1 Å². The van der Waals surface area contributed by atoms with Crippen molar-refractivity contribution in [3.63, 3.8) is 0 Å². The summed E-state index contributed by atoms with van der Waals surface area (Å²) in [5.41, 5.74) is 6.03. The Morgan fingerprint density at radius 2 is 1.84 bits per heavy atom. The van der Waals surface area contributed by atoms with E-state index in [1.54, 1.807) is 0 Å². The Hall–Kier alpha value is -0.610. The minimum atomic E-state index is 0.205. The molecule has 3 atom stereocenters. The van der Waals surface area contributed by atoms with Crippen molar-refractivity contribution in [2.24, 2.45) is 11.7 Å². The number of hydrogen-bond acceptors (Lipinski definition) is 3. The first kappa shape index (κ1) is 13.4. The van der Waals surface area contributed by atoms with Crippen molar-refractivity contribution < 1.29 is 4.79 Å². The molecule has 19 heavy (non-hydrogen) atoms. The van der Waals surface area contributed by atoms with Crippen molar-refractivity contribution in [1.29, 1.82) is 0 Å². The van der Waals surface area contributed by atoms with E-state index in [4.69, 9.17) is 5.73 Å². The lowest BCUT2D eigenvalue weighted by Gasteiger charge is -2.32. The van der Waals surface area contributed by atoms with Gasteiger partial charge in [-0.15, -0.1) is 0 Å². The molecule has 0 bridgehead atoms. The highest BCUT2D eigenvalue weighted by molar-refractivity contribution is 5.79. The largest absolute Gasteiger partial charge is 0.341 e. The minimum Gasteiger partial charge on any atom is -0.341 e. The van der Waals surface area contributed by atoms with Crippen LogP contribution in [0.5, 0.6) is 0 Å². The highest BCUT2D eigenvalue weighted by atomic mass is 16.2. The first-order valence-corrected chi connectivity index (χ1v) is 8.02. The maximum Gasteiger partial charge on any atom is 0.225 e. The van der Waals surface area contributed by atoms with Crippen molar-refractivity contribution in [2.75, 3.05) is 26.2 Å². The monoisotopic (exact) mass is 265 g/mol. The standard InChI is InChI=1S/C15H27N3O/c16-13-5-1-4-12(10-13)15(19)18-9-3-8-17-7-2-6-14(17)11-18/h12-14H,1-11,16H2. The molecule has 0 aromatic carbocycles. The van der Waals surface area contributed by atoms with Gasteiger partial charge in [0.1, 0.15) is 0 Å². The van der Waals surface area contributed by atoms with Crippen LogP contribution in [0.15, 0.2) is 0 Å². The molecule has 0 spiro atoms. The number of carbonyl (C=O) groups excluding carboxylic acids is 1. The third kappa shape index (κ3) is 2.95. The predicted molar refractivity (Wildman–Crippen MR) is 75.7 cm³/mol. The van der Waals surface area contributed by atoms with Crippen LogP contribution in [0.2, 0.25) is 0 Å². The quantitative estimate of drug-likeness (QED) is 0.775. The number of carbonyl (C=O) groups is 1. The van der Waals surface area contributed by atoms with E-state index in [-0.39, 0.29) is 12.0 Å². The van der Waals surface area contributed by atoms with Gasteiger partial charge in [-0.1, -0.05) is 6.42 Å². The maximum atomic E-state index is 12.7. The average Bonchev–Trinajstić information content (AvgIpc) is 2.75. The zero-order valence-corrected chi connectivity index (χ0v) is 11.9. The van der Waals surface area contributed by atoms with E-state index in [0.29, 0.717) is 11.9 Å². The fourth-order valence-corrected chi connectivity index (χ4v) is 4.12. The van der Waals surface area contributed by atoms with Gasteiger partial charge in [0.2, 0.25) is 5.91 Å². The summed E-state index contributed by atoms with van der Waals surface area (Å²) in [6, 6.07) is 0.876. The van der Waals surface area contributed by atoms with Gasteiger partial charge < -0.3 is 10.6 Å². The zero-order chi connectivity index (χ0) is 13.2. The Bertz CT molecular complexity index is 333. The second-order valence-corrected chi connectivity index (χ2v) is 6.59. The lowest BCUT2D eigenvalue weighted by molar-refractivity contribution is -0.137. The second-order valence-electron chi connectivity index (χ2n) is 6.59. The van der Waals surface area contributed by atoms with E-state index in [0.717, 1.165) is 45.2 Å². The summed E-state index contributed by atoms with van der Waals surface area (Å²) in [7, 11) is 0. The van der Waals surface area contributed by atoms with Gasteiger partial charge in [0.25, 0.3) is 0 Å². The molecule has 0 radical (unpaired) electrons. The smallest absolute Gasteiger partial charge is 0.225 e. The van der Waals surface area contributed by atoms with Crippen molar-refractivity contribution in [2.45, 2.75) is 57.0 Å². The van der Waals surface area contributed by atoms with Gasteiger partial charge in [-0.25, -0.2) is 0 Å². The normalized spacial score (nSPS) is 36.9. The molecule has 3 aliphatic rings. The predicted octanol–water partition coefficient (Wildman–Crippen LogP) is 1.20. The first-order chi connectivity index (χ1) is 9.24. The Kier molecular flexibility index (Phi) is 4.08. The molecule has 4 nitrogen and oxygen atoms in total. The second kappa shape index (κ2) is 5.80. The number of nitrogens with two attached hydrogens (primary N) is 1. The van der Waals surface area contributed by atoms with Crippen LogP contribution >= 0.6 is 0 Å². The molecule has 0 aromatic rings. The van der Waals surface area contributed by atoms with Crippen LogP contribution in [0.4, 0.5) is 0 Å². The fourth-order valence-electron chi connectivity index (χ4n) is 4.12. The van der Waals surface area contributed by atoms with E-state index in [9.17, 15) is 4.79 Å². The molecule has 4 heteroatoms. The lowest BCUT2D eigenvalue weighted by Crippen LogP contribution is -2.44. The summed E-state index contributed by atoms with van der Waals surface area (Å²) >= 11 is 0. The fraction of sp³-hybridized carbons (Fsp3) is 0.933. The summed E-state index contributed by atoms with van der Waals surface area (Å²) in [5, 5.41) is 0. The van der Waals surface area contributed by atoms with Crippen LogP contribution in [0.3, 0.4) is 0 Å². The molecule has 3 fully saturated rings. The summed E-state index contributed by atoms with van der Waals surface area (Å²) in [4.78, 5) is 17.4. The van der Waals surface area contributed by atoms with Crippen LogP contribution in [0.1, 0.15) is 44.9 Å².